The topological polar surface area (TPSA) is 94.2 Å². The van der Waals surface area contributed by atoms with E-state index in [4.69, 9.17) is 23.2 Å². The summed E-state index contributed by atoms with van der Waals surface area (Å²) >= 11 is 11.8. The summed E-state index contributed by atoms with van der Waals surface area (Å²) < 4.78 is 15.4. The summed E-state index contributed by atoms with van der Waals surface area (Å²) in [5.41, 5.74) is 4.59. The number of aromatic nitrogens is 2. The number of nitriles is 1. The first-order chi connectivity index (χ1) is 18.3. The number of rotatable bonds is 5. The molecule has 1 aliphatic heterocycles. The number of fused-ring (bicyclic) bond motifs is 3. The molecule has 0 unspecified atom stereocenters. The maximum atomic E-state index is 13.7. The first-order valence-corrected chi connectivity index (χ1v) is 12.6. The van der Waals surface area contributed by atoms with E-state index in [0.29, 0.717) is 30.6 Å². The lowest BCUT2D eigenvalue weighted by Gasteiger charge is -2.27. The Hall–Kier alpha value is -3.61. The Labute approximate surface area is 240 Å². The van der Waals surface area contributed by atoms with Gasteiger partial charge in [-0.25, -0.2) is 14.2 Å². The number of benzene rings is 2. The minimum absolute atomic E-state index is 0. The molecular formula is C28H23Cl3FN5O2. The number of nitrogens with one attached hydrogen (secondary N) is 1. The zero-order valence-corrected chi connectivity index (χ0v) is 22.8. The number of carbonyl (C=O) groups excluding carboxylic acids is 1. The Morgan fingerprint density at radius 3 is 2.69 bits per heavy atom. The predicted octanol–water partition coefficient (Wildman–Crippen LogP) is 6.31. The van der Waals surface area contributed by atoms with E-state index in [1.54, 1.807) is 22.8 Å². The Morgan fingerprint density at radius 2 is 1.97 bits per heavy atom. The molecule has 4 aromatic rings. The predicted molar refractivity (Wildman–Crippen MR) is 152 cm³/mol. The van der Waals surface area contributed by atoms with Crippen LogP contribution in [0.1, 0.15) is 27.9 Å². The number of amides is 1. The third-order valence-electron chi connectivity index (χ3n) is 6.49. The molecule has 200 valence electrons. The van der Waals surface area contributed by atoms with Crippen molar-refractivity contribution in [1.82, 2.24) is 19.8 Å². The normalized spacial score (nSPS) is 13.2. The summed E-state index contributed by atoms with van der Waals surface area (Å²) in [6, 6.07) is 13.5. The van der Waals surface area contributed by atoms with Crippen molar-refractivity contribution in [2.75, 3.05) is 13.1 Å². The van der Waals surface area contributed by atoms with Crippen LogP contribution in [-0.4, -0.2) is 38.7 Å². The Kier molecular flexibility index (Phi) is 8.78. The van der Waals surface area contributed by atoms with E-state index in [1.165, 1.54) is 24.4 Å². The molecule has 11 heteroatoms. The summed E-state index contributed by atoms with van der Waals surface area (Å²) in [7, 11) is 0. The number of carbonyl (C=O) groups is 1. The molecular weight excluding hydrogens is 564 g/mol. The molecule has 0 aliphatic carbocycles. The molecule has 1 amide bonds. The van der Waals surface area contributed by atoms with Gasteiger partial charge in [0.2, 0.25) is 5.88 Å². The molecule has 0 spiro atoms. The second-order valence-corrected chi connectivity index (χ2v) is 9.79. The van der Waals surface area contributed by atoms with E-state index < -0.39 is 5.82 Å². The maximum absolute atomic E-state index is 13.7. The lowest BCUT2D eigenvalue weighted by atomic mass is 10.0. The molecule has 2 aromatic carbocycles. The van der Waals surface area contributed by atoms with Gasteiger partial charge in [0, 0.05) is 55.9 Å². The molecule has 39 heavy (non-hydrogen) atoms. The summed E-state index contributed by atoms with van der Waals surface area (Å²) in [4.78, 5) is 19.3. The molecule has 0 radical (unpaired) electrons. The largest absolute Gasteiger partial charge is 0.493 e. The van der Waals surface area contributed by atoms with Crippen LogP contribution in [0.15, 0.2) is 54.7 Å². The van der Waals surface area contributed by atoms with Crippen molar-refractivity contribution < 1.29 is 14.3 Å². The van der Waals surface area contributed by atoms with Crippen LogP contribution >= 0.6 is 35.6 Å². The number of nitrogens with zero attached hydrogens (tertiary/aromatic N) is 4. The minimum Gasteiger partial charge on any atom is -0.493 e. The van der Waals surface area contributed by atoms with Gasteiger partial charge < -0.3 is 10.4 Å². The van der Waals surface area contributed by atoms with E-state index in [0.717, 1.165) is 34.3 Å². The molecule has 0 bridgehead atoms. The second-order valence-electron chi connectivity index (χ2n) is 8.97. The minimum atomic E-state index is -0.634. The number of hydrogen-bond acceptors (Lipinski definition) is 5. The quantitative estimate of drug-likeness (QED) is 0.267. The van der Waals surface area contributed by atoms with Crippen LogP contribution < -0.4 is 5.32 Å². The SMILES string of the molecule is Cl.N#Cc1ccc2c(c1)c1c(n2C(=O)NCc2ccnc(O)c2)CCN(C/C=C/c2cc(Cl)c(F)c(Cl)c2)C1. The first-order valence-electron chi connectivity index (χ1n) is 11.9. The molecule has 0 saturated carbocycles. The molecule has 2 N–H and O–H groups in total. The lowest BCUT2D eigenvalue weighted by molar-refractivity contribution is 0.240. The summed E-state index contributed by atoms with van der Waals surface area (Å²) in [6.07, 6.45) is 5.92. The van der Waals surface area contributed by atoms with E-state index in [9.17, 15) is 19.6 Å². The van der Waals surface area contributed by atoms with Crippen LogP contribution in [0.4, 0.5) is 9.18 Å². The van der Waals surface area contributed by atoms with Gasteiger partial charge in [-0.1, -0.05) is 35.4 Å². The van der Waals surface area contributed by atoms with Gasteiger partial charge >= 0.3 is 6.03 Å². The highest BCUT2D eigenvalue weighted by atomic mass is 35.5. The second kappa shape index (κ2) is 12.1. The van der Waals surface area contributed by atoms with Crippen LogP contribution in [0.5, 0.6) is 5.88 Å². The fourth-order valence-electron chi connectivity index (χ4n) is 4.71. The van der Waals surface area contributed by atoms with Gasteiger partial charge in [-0.2, -0.15) is 5.26 Å². The highest BCUT2D eigenvalue weighted by Crippen LogP contribution is 2.32. The van der Waals surface area contributed by atoms with Gasteiger partial charge in [0.15, 0.2) is 5.82 Å². The van der Waals surface area contributed by atoms with Gasteiger partial charge in [0.05, 0.1) is 27.2 Å². The van der Waals surface area contributed by atoms with Gasteiger partial charge in [0.1, 0.15) is 0 Å². The zero-order valence-electron chi connectivity index (χ0n) is 20.5. The molecule has 3 heterocycles. The van der Waals surface area contributed by atoms with Gasteiger partial charge in [-0.05, 0) is 53.1 Å². The maximum Gasteiger partial charge on any atom is 0.326 e. The third-order valence-corrected chi connectivity index (χ3v) is 7.04. The van der Waals surface area contributed by atoms with Crippen molar-refractivity contribution in [2.24, 2.45) is 0 Å². The summed E-state index contributed by atoms with van der Waals surface area (Å²) in [6.45, 7) is 2.16. The van der Waals surface area contributed by atoms with Crippen LogP contribution in [0, 0.1) is 17.1 Å². The van der Waals surface area contributed by atoms with Gasteiger partial charge in [-0.3, -0.25) is 9.47 Å². The molecule has 2 aromatic heterocycles. The van der Waals surface area contributed by atoms with Crippen molar-refractivity contribution >= 4 is 58.6 Å². The van der Waals surface area contributed by atoms with Crippen LogP contribution in [0.3, 0.4) is 0 Å². The Morgan fingerprint density at radius 1 is 1.21 bits per heavy atom. The molecule has 1 aliphatic rings. The highest BCUT2D eigenvalue weighted by molar-refractivity contribution is 6.35. The van der Waals surface area contributed by atoms with Gasteiger partial charge in [-0.15, -0.1) is 12.4 Å². The third kappa shape index (κ3) is 6.02. The number of aromatic hydroxyl groups is 1. The van der Waals surface area contributed by atoms with Gasteiger partial charge in [0.25, 0.3) is 0 Å². The van der Waals surface area contributed by atoms with Crippen LogP contribution in [0.2, 0.25) is 10.0 Å². The van der Waals surface area contributed by atoms with E-state index >= 15 is 0 Å². The Balaban J connectivity index is 0.00000353. The molecule has 0 fully saturated rings. The van der Waals surface area contributed by atoms with Crippen molar-refractivity contribution in [2.45, 2.75) is 19.5 Å². The monoisotopic (exact) mass is 585 g/mol. The van der Waals surface area contributed by atoms with Crippen LogP contribution in [0.25, 0.3) is 17.0 Å². The van der Waals surface area contributed by atoms with Crippen LogP contribution in [-0.2, 0) is 19.5 Å². The molecule has 5 rings (SSSR count). The van der Waals surface area contributed by atoms with Crippen molar-refractivity contribution in [3.63, 3.8) is 0 Å². The zero-order chi connectivity index (χ0) is 26.8. The lowest BCUT2D eigenvalue weighted by Crippen LogP contribution is -2.34. The average Bonchev–Trinajstić information content (AvgIpc) is 3.23. The molecule has 0 saturated heterocycles. The summed E-state index contributed by atoms with van der Waals surface area (Å²) in [5.74, 6) is -0.741. The summed E-state index contributed by atoms with van der Waals surface area (Å²) in [5, 5.41) is 22.8. The van der Waals surface area contributed by atoms with Crippen molar-refractivity contribution in [1.29, 1.82) is 5.26 Å². The van der Waals surface area contributed by atoms with E-state index in [1.807, 2.05) is 18.2 Å². The standard InChI is InChI=1S/C28H22Cl2FN5O2.ClH/c29-22-11-17(12-23(30)27(22)31)2-1-8-35-9-6-25-21(16-35)20-10-18(14-32)3-4-24(20)36(25)28(38)34-15-19-5-7-33-26(37)13-19;/h1-5,7,10-13H,6,8-9,15-16H2,(H,33,37)(H,34,38);1H/b2-1+;. The first kappa shape index (κ1) is 28.4. The molecule has 7 nitrogen and oxygen atoms in total. The molecule has 0 atom stereocenters. The fourth-order valence-corrected chi connectivity index (χ4v) is 5.21. The number of pyridine rings is 1. The van der Waals surface area contributed by atoms with E-state index in [2.05, 4.69) is 21.3 Å². The smallest absolute Gasteiger partial charge is 0.326 e. The average molecular weight is 587 g/mol. The van der Waals surface area contributed by atoms with E-state index in [-0.39, 0.29) is 40.9 Å². The highest BCUT2D eigenvalue weighted by Gasteiger charge is 2.26. The number of hydrogen-bond donors (Lipinski definition) is 2. The fraction of sp³-hybridized carbons (Fsp3) is 0.179. The van der Waals surface area contributed by atoms with Crippen molar-refractivity contribution in [3.8, 4) is 11.9 Å². The van der Waals surface area contributed by atoms with Crippen molar-refractivity contribution in [3.05, 3.63) is 98.5 Å². The number of halogens is 4. The Bertz CT molecular complexity index is 1610.